The van der Waals surface area contributed by atoms with Crippen LogP contribution in [-0.2, 0) is 7.05 Å². The second-order valence-electron chi connectivity index (χ2n) is 4.96. The highest BCUT2D eigenvalue weighted by molar-refractivity contribution is 5.79. The molecule has 1 unspecified atom stereocenters. The van der Waals surface area contributed by atoms with E-state index in [0.29, 0.717) is 0 Å². The van der Waals surface area contributed by atoms with Crippen molar-refractivity contribution in [3.8, 4) is 0 Å². The van der Waals surface area contributed by atoms with Gasteiger partial charge in [-0.3, -0.25) is 0 Å². The molecule has 0 radical (unpaired) electrons. The third kappa shape index (κ3) is 1.69. The van der Waals surface area contributed by atoms with E-state index in [0.717, 1.165) is 31.0 Å². The van der Waals surface area contributed by atoms with Crippen LogP contribution in [0.2, 0.25) is 0 Å². The maximum Gasteiger partial charge on any atom is 0.206 e. The highest BCUT2D eigenvalue weighted by Crippen LogP contribution is 2.24. The van der Waals surface area contributed by atoms with Gasteiger partial charge in [0.05, 0.1) is 11.0 Å². The third-order valence-corrected chi connectivity index (χ3v) is 3.52. The predicted octanol–water partition coefficient (Wildman–Crippen LogP) is 1.42. The van der Waals surface area contributed by atoms with Crippen LogP contribution >= 0.6 is 0 Å². The Labute approximate surface area is 101 Å². The molecule has 1 atom stereocenters. The van der Waals surface area contributed by atoms with Gasteiger partial charge in [-0.1, -0.05) is 6.07 Å². The number of imidazole rings is 1. The Balaban J connectivity index is 2.08. The average Bonchev–Trinajstić information content (AvgIpc) is 2.84. The number of anilines is 1. The molecule has 0 bridgehead atoms. The Morgan fingerprint density at radius 2 is 2.24 bits per heavy atom. The van der Waals surface area contributed by atoms with Gasteiger partial charge in [-0.2, -0.15) is 0 Å². The lowest BCUT2D eigenvalue weighted by atomic mass is 10.2. The largest absolute Gasteiger partial charge is 0.341 e. The summed E-state index contributed by atoms with van der Waals surface area (Å²) in [6.45, 7) is 4.03. The van der Waals surface area contributed by atoms with Crippen LogP contribution < -0.4 is 10.6 Å². The van der Waals surface area contributed by atoms with E-state index in [1.54, 1.807) is 0 Å². The molecule has 1 aliphatic heterocycles. The molecule has 2 N–H and O–H groups in total. The lowest BCUT2D eigenvalue weighted by Crippen LogP contribution is -2.28. The molecule has 1 aromatic heterocycles. The zero-order chi connectivity index (χ0) is 12.0. The van der Waals surface area contributed by atoms with Gasteiger partial charge in [0.25, 0.3) is 0 Å². The van der Waals surface area contributed by atoms with Gasteiger partial charge in [0.1, 0.15) is 0 Å². The summed E-state index contributed by atoms with van der Waals surface area (Å²) < 4.78 is 2.17. The first-order valence-electron chi connectivity index (χ1n) is 6.09. The number of aryl methyl sites for hydroxylation is 2. The van der Waals surface area contributed by atoms with E-state index in [-0.39, 0.29) is 6.04 Å². The summed E-state index contributed by atoms with van der Waals surface area (Å²) in [7, 11) is 2.08. The van der Waals surface area contributed by atoms with Crippen LogP contribution in [0.1, 0.15) is 12.0 Å². The van der Waals surface area contributed by atoms with E-state index in [4.69, 9.17) is 10.7 Å². The van der Waals surface area contributed by atoms with Gasteiger partial charge in [0, 0.05) is 26.2 Å². The van der Waals surface area contributed by atoms with E-state index < -0.39 is 0 Å². The van der Waals surface area contributed by atoms with Gasteiger partial charge in [0.15, 0.2) is 0 Å². The predicted molar refractivity (Wildman–Crippen MR) is 70.3 cm³/mol. The van der Waals surface area contributed by atoms with Crippen molar-refractivity contribution in [2.45, 2.75) is 19.4 Å². The lowest BCUT2D eigenvalue weighted by molar-refractivity contribution is 0.747. The Morgan fingerprint density at radius 1 is 1.41 bits per heavy atom. The van der Waals surface area contributed by atoms with Crippen LogP contribution in [0, 0.1) is 6.92 Å². The summed E-state index contributed by atoms with van der Waals surface area (Å²) in [6, 6.07) is 6.66. The van der Waals surface area contributed by atoms with Gasteiger partial charge in [-0.05, 0) is 31.0 Å². The van der Waals surface area contributed by atoms with E-state index >= 15 is 0 Å². The number of aromatic nitrogens is 2. The molecule has 1 saturated heterocycles. The van der Waals surface area contributed by atoms with Crippen molar-refractivity contribution in [1.82, 2.24) is 9.55 Å². The molecule has 0 amide bonds. The minimum Gasteiger partial charge on any atom is -0.341 e. The minimum absolute atomic E-state index is 0.288. The third-order valence-electron chi connectivity index (χ3n) is 3.52. The summed E-state index contributed by atoms with van der Waals surface area (Å²) in [5.74, 6) is 1.04. The lowest BCUT2D eigenvalue weighted by Gasteiger charge is -2.16. The molecule has 0 spiro atoms. The first-order valence-corrected chi connectivity index (χ1v) is 6.09. The fourth-order valence-electron chi connectivity index (χ4n) is 2.54. The van der Waals surface area contributed by atoms with Crippen LogP contribution in [0.5, 0.6) is 0 Å². The molecule has 2 aromatic rings. The van der Waals surface area contributed by atoms with Crippen molar-refractivity contribution < 1.29 is 0 Å². The molecule has 17 heavy (non-hydrogen) atoms. The number of hydrogen-bond donors (Lipinski definition) is 1. The molecular weight excluding hydrogens is 212 g/mol. The van der Waals surface area contributed by atoms with Crippen LogP contribution in [0.3, 0.4) is 0 Å². The molecule has 4 heteroatoms. The Bertz CT molecular complexity index is 558. The maximum absolute atomic E-state index is 5.95. The molecule has 0 aliphatic carbocycles. The summed E-state index contributed by atoms with van der Waals surface area (Å²) in [6.07, 6.45) is 1.06. The van der Waals surface area contributed by atoms with E-state index in [1.807, 2.05) is 0 Å². The zero-order valence-electron chi connectivity index (χ0n) is 10.3. The standard InChI is InChI=1S/C13H18N4/c1-9-3-4-11-12(7-9)16(2)13(15-11)17-6-5-10(14)8-17/h3-4,7,10H,5-6,8,14H2,1-2H3. The molecule has 3 rings (SSSR count). The number of nitrogens with two attached hydrogens (primary N) is 1. The van der Waals surface area contributed by atoms with Gasteiger partial charge < -0.3 is 15.2 Å². The molecule has 1 aromatic carbocycles. The minimum atomic E-state index is 0.288. The molecule has 2 heterocycles. The first kappa shape index (κ1) is 10.6. The molecular formula is C13H18N4. The molecule has 90 valence electrons. The topological polar surface area (TPSA) is 47.1 Å². The molecule has 1 aliphatic rings. The van der Waals surface area contributed by atoms with Crippen molar-refractivity contribution in [1.29, 1.82) is 0 Å². The van der Waals surface area contributed by atoms with E-state index in [9.17, 15) is 0 Å². The Morgan fingerprint density at radius 3 is 2.94 bits per heavy atom. The van der Waals surface area contributed by atoms with Crippen molar-refractivity contribution in [2.75, 3.05) is 18.0 Å². The number of nitrogens with zero attached hydrogens (tertiary/aromatic N) is 3. The zero-order valence-corrected chi connectivity index (χ0v) is 10.3. The van der Waals surface area contributed by atoms with Gasteiger partial charge in [0.2, 0.25) is 5.95 Å². The maximum atomic E-state index is 5.95. The van der Waals surface area contributed by atoms with Crippen LogP contribution in [0.25, 0.3) is 11.0 Å². The Hall–Kier alpha value is -1.55. The highest BCUT2D eigenvalue weighted by atomic mass is 15.3. The number of benzene rings is 1. The number of hydrogen-bond acceptors (Lipinski definition) is 3. The van der Waals surface area contributed by atoms with Crippen LogP contribution in [0.15, 0.2) is 18.2 Å². The van der Waals surface area contributed by atoms with Crippen LogP contribution in [-0.4, -0.2) is 28.7 Å². The van der Waals surface area contributed by atoms with Crippen molar-refractivity contribution >= 4 is 17.0 Å². The highest BCUT2D eigenvalue weighted by Gasteiger charge is 2.23. The molecule has 0 saturated carbocycles. The molecule has 1 fully saturated rings. The first-order chi connectivity index (χ1) is 8.15. The normalized spacial score (nSPS) is 20.4. The summed E-state index contributed by atoms with van der Waals surface area (Å²) in [5.41, 5.74) is 9.48. The van der Waals surface area contributed by atoms with Crippen molar-refractivity contribution in [2.24, 2.45) is 12.8 Å². The summed E-state index contributed by atoms with van der Waals surface area (Å²) in [5, 5.41) is 0. The summed E-state index contributed by atoms with van der Waals surface area (Å²) in [4.78, 5) is 6.98. The fourth-order valence-corrected chi connectivity index (χ4v) is 2.54. The number of rotatable bonds is 1. The van der Waals surface area contributed by atoms with Gasteiger partial charge >= 0.3 is 0 Å². The van der Waals surface area contributed by atoms with Gasteiger partial charge in [-0.25, -0.2) is 4.98 Å². The Kier molecular flexibility index (Phi) is 2.33. The molecule has 4 nitrogen and oxygen atoms in total. The quantitative estimate of drug-likeness (QED) is 0.806. The monoisotopic (exact) mass is 230 g/mol. The van der Waals surface area contributed by atoms with Gasteiger partial charge in [-0.15, -0.1) is 0 Å². The second-order valence-corrected chi connectivity index (χ2v) is 4.96. The van der Waals surface area contributed by atoms with Crippen molar-refractivity contribution in [3.63, 3.8) is 0 Å². The van der Waals surface area contributed by atoms with Crippen molar-refractivity contribution in [3.05, 3.63) is 23.8 Å². The second kappa shape index (κ2) is 3.74. The number of fused-ring (bicyclic) bond motifs is 1. The smallest absolute Gasteiger partial charge is 0.206 e. The van der Waals surface area contributed by atoms with E-state index in [2.05, 4.69) is 41.6 Å². The average molecular weight is 230 g/mol. The van der Waals surface area contributed by atoms with Crippen LogP contribution in [0.4, 0.5) is 5.95 Å². The fraction of sp³-hybridized carbons (Fsp3) is 0.462. The summed E-state index contributed by atoms with van der Waals surface area (Å²) >= 11 is 0. The van der Waals surface area contributed by atoms with E-state index in [1.165, 1.54) is 11.1 Å². The SMILES string of the molecule is Cc1ccc2nc(N3CCC(N)C3)n(C)c2c1.